The van der Waals surface area contributed by atoms with Crippen molar-refractivity contribution in [1.29, 1.82) is 0 Å². The lowest BCUT2D eigenvalue weighted by Gasteiger charge is -2.40. The number of carbonyl (C=O) groups is 1. The first-order valence-corrected chi connectivity index (χ1v) is 16.1. The lowest BCUT2D eigenvalue weighted by atomic mass is 9.90. The van der Waals surface area contributed by atoms with Gasteiger partial charge < -0.3 is 29.5 Å². The predicted molar refractivity (Wildman–Crippen MR) is 166 cm³/mol. The molecule has 0 saturated carbocycles. The van der Waals surface area contributed by atoms with Crippen LogP contribution in [-0.4, -0.2) is 58.9 Å². The Bertz CT molecular complexity index is 1060. The number of rotatable bonds is 18. The molecule has 8 heteroatoms. The number of halogens is 1. The van der Waals surface area contributed by atoms with Crippen LogP contribution in [0.5, 0.6) is 5.75 Å². The summed E-state index contributed by atoms with van der Waals surface area (Å²) in [5, 5.41) is 32.4. The fraction of sp³-hybridized carbons (Fsp3) is 0.618. The quantitative estimate of drug-likeness (QED) is 0.122. The average molecular weight is 605 g/mol. The second-order valence-corrected chi connectivity index (χ2v) is 11.6. The van der Waals surface area contributed by atoms with Gasteiger partial charge in [0, 0.05) is 17.0 Å². The highest BCUT2D eigenvalue weighted by molar-refractivity contribution is 6.33. The van der Waals surface area contributed by atoms with E-state index in [0.29, 0.717) is 23.6 Å². The van der Waals surface area contributed by atoms with Gasteiger partial charge in [0.15, 0.2) is 0 Å². The van der Waals surface area contributed by atoms with Gasteiger partial charge in [-0.25, -0.2) is 0 Å². The van der Waals surface area contributed by atoms with Gasteiger partial charge >= 0.3 is 5.97 Å². The fourth-order valence-electron chi connectivity index (χ4n) is 5.38. The number of aliphatic hydroxyl groups excluding tert-OH is 3. The summed E-state index contributed by atoms with van der Waals surface area (Å²) >= 11 is 6.50. The lowest BCUT2D eigenvalue weighted by molar-refractivity contribution is -0.234. The van der Waals surface area contributed by atoms with Gasteiger partial charge in [-0.2, -0.15) is 0 Å². The zero-order valence-corrected chi connectivity index (χ0v) is 25.9. The molecule has 3 N–H and O–H groups in total. The first-order chi connectivity index (χ1) is 20.3. The van der Waals surface area contributed by atoms with Crippen LogP contribution >= 0.6 is 11.6 Å². The van der Waals surface area contributed by atoms with Crippen LogP contribution in [0, 0.1) is 0 Å². The van der Waals surface area contributed by atoms with Crippen molar-refractivity contribution in [1.82, 2.24) is 0 Å². The summed E-state index contributed by atoms with van der Waals surface area (Å²) < 4.78 is 16.9. The van der Waals surface area contributed by atoms with Crippen molar-refractivity contribution in [3.63, 3.8) is 0 Å². The van der Waals surface area contributed by atoms with Gasteiger partial charge in [0.1, 0.15) is 42.9 Å². The minimum atomic E-state index is -1.47. The molecule has 0 radical (unpaired) electrons. The summed E-state index contributed by atoms with van der Waals surface area (Å²) in [5.41, 5.74) is 2.16. The van der Waals surface area contributed by atoms with E-state index < -0.39 is 30.5 Å². The van der Waals surface area contributed by atoms with E-state index >= 15 is 0 Å². The standard InChI is InChI=1S/C34H49ClO7/c1-3-5-6-7-8-9-10-11-12-13-14-15-30(36)41-23-29-31(37)32(38)33(39)34(42-29)25-18-21-28(35)27(22-25)24-16-19-26(20-17-24)40-4-2/h16-22,29,31-34,37-39H,3-15,23H2,1-2H3/t29-,31-,32+,33-,34+/m1/s1. The van der Waals surface area contributed by atoms with Crippen LogP contribution in [0.3, 0.4) is 0 Å². The molecule has 0 bridgehead atoms. The van der Waals surface area contributed by atoms with Crippen LogP contribution in [0.2, 0.25) is 5.02 Å². The Morgan fingerprint density at radius 3 is 2.05 bits per heavy atom. The van der Waals surface area contributed by atoms with Crippen LogP contribution < -0.4 is 4.74 Å². The zero-order valence-electron chi connectivity index (χ0n) is 25.2. The number of hydrogen-bond acceptors (Lipinski definition) is 7. The Hall–Kier alpha value is -2.16. The molecular weight excluding hydrogens is 556 g/mol. The van der Waals surface area contributed by atoms with Gasteiger partial charge in [-0.15, -0.1) is 0 Å². The smallest absolute Gasteiger partial charge is 0.305 e. The maximum absolute atomic E-state index is 12.4. The van der Waals surface area contributed by atoms with Crippen molar-refractivity contribution >= 4 is 17.6 Å². The number of unbranched alkanes of at least 4 members (excludes halogenated alkanes) is 10. The van der Waals surface area contributed by atoms with E-state index in [9.17, 15) is 20.1 Å². The van der Waals surface area contributed by atoms with E-state index in [1.54, 1.807) is 18.2 Å². The molecule has 7 nitrogen and oxygen atoms in total. The lowest BCUT2D eigenvalue weighted by Crippen LogP contribution is -2.55. The molecular formula is C34H49ClO7. The van der Waals surface area contributed by atoms with Crippen LogP contribution in [0.4, 0.5) is 0 Å². The van der Waals surface area contributed by atoms with E-state index in [1.807, 2.05) is 31.2 Å². The molecule has 234 valence electrons. The topological polar surface area (TPSA) is 105 Å². The molecule has 1 aliphatic heterocycles. The molecule has 0 amide bonds. The van der Waals surface area contributed by atoms with E-state index in [1.165, 1.54) is 51.4 Å². The predicted octanol–water partition coefficient (Wildman–Crippen LogP) is 7.17. The molecule has 0 aliphatic carbocycles. The van der Waals surface area contributed by atoms with E-state index in [-0.39, 0.29) is 12.6 Å². The SMILES string of the molecule is CCCCCCCCCCCCCC(=O)OC[C@H]1O[C@@H](c2ccc(Cl)c(-c3ccc(OCC)cc3)c2)[C@H](O)[C@@H](O)[C@@H]1O. The van der Waals surface area contributed by atoms with Crippen LogP contribution in [0.15, 0.2) is 42.5 Å². The van der Waals surface area contributed by atoms with Crippen LogP contribution in [-0.2, 0) is 14.3 Å². The largest absolute Gasteiger partial charge is 0.494 e. The molecule has 1 fully saturated rings. The molecule has 2 aromatic rings. The van der Waals surface area contributed by atoms with Crippen molar-refractivity contribution in [3.8, 4) is 16.9 Å². The highest BCUT2D eigenvalue weighted by Crippen LogP contribution is 2.37. The number of aliphatic hydroxyl groups is 3. The van der Waals surface area contributed by atoms with Crippen LogP contribution in [0.25, 0.3) is 11.1 Å². The van der Waals surface area contributed by atoms with E-state index in [2.05, 4.69) is 6.92 Å². The Morgan fingerprint density at radius 1 is 0.810 bits per heavy atom. The Morgan fingerprint density at radius 2 is 1.43 bits per heavy atom. The number of carbonyl (C=O) groups excluding carboxylic acids is 1. The molecule has 0 aromatic heterocycles. The highest BCUT2D eigenvalue weighted by Gasteiger charge is 2.44. The van der Waals surface area contributed by atoms with Gasteiger partial charge in [-0.05, 0) is 48.7 Å². The summed E-state index contributed by atoms with van der Waals surface area (Å²) in [7, 11) is 0. The Kier molecular flexibility index (Phi) is 15.1. The highest BCUT2D eigenvalue weighted by atomic mass is 35.5. The first kappa shape index (κ1) is 34.3. The molecule has 0 unspecified atom stereocenters. The molecule has 3 rings (SSSR count). The summed E-state index contributed by atoms with van der Waals surface area (Å²) in [6.07, 6.45) is 7.30. The van der Waals surface area contributed by atoms with Gasteiger partial charge in [0.2, 0.25) is 0 Å². The number of esters is 1. The monoisotopic (exact) mass is 604 g/mol. The van der Waals surface area contributed by atoms with Crippen molar-refractivity contribution in [2.45, 2.75) is 121 Å². The maximum atomic E-state index is 12.4. The molecule has 1 heterocycles. The number of ether oxygens (including phenoxy) is 3. The molecule has 1 aliphatic rings. The summed E-state index contributed by atoms with van der Waals surface area (Å²) in [6.45, 7) is 4.51. The number of benzene rings is 2. The third-order valence-corrected chi connectivity index (χ3v) is 8.23. The Balaban J connectivity index is 1.48. The second-order valence-electron chi connectivity index (χ2n) is 11.2. The van der Waals surface area contributed by atoms with Gasteiger partial charge in [-0.3, -0.25) is 4.79 Å². The normalized spacial score (nSPS) is 22.2. The van der Waals surface area contributed by atoms with E-state index in [4.69, 9.17) is 25.8 Å². The third-order valence-electron chi connectivity index (χ3n) is 7.90. The number of hydrogen-bond donors (Lipinski definition) is 3. The average Bonchev–Trinajstić information content (AvgIpc) is 2.99. The Labute approximate surface area is 256 Å². The van der Waals surface area contributed by atoms with E-state index in [0.717, 1.165) is 36.1 Å². The third kappa shape index (κ3) is 10.5. The summed E-state index contributed by atoms with van der Waals surface area (Å²) in [4.78, 5) is 12.4. The maximum Gasteiger partial charge on any atom is 0.305 e. The summed E-state index contributed by atoms with van der Waals surface area (Å²) in [5.74, 6) is 0.390. The van der Waals surface area contributed by atoms with Crippen molar-refractivity contribution < 1.29 is 34.3 Å². The van der Waals surface area contributed by atoms with Gasteiger partial charge in [0.25, 0.3) is 0 Å². The van der Waals surface area contributed by atoms with Crippen molar-refractivity contribution in [2.24, 2.45) is 0 Å². The molecule has 2 aromatic carbocycles. The van der Waals surface area contributed by atoms with Gasteiger partial charge in [-0.1, -0.05) is 101 Å². The zero-order chi connectivity index (χ0) is 30.3. The molecule has 1 saturated heterocycles. The molecule has 5 atom stereocenters. The van der Waals surface area contributed by atoms with Crippen LogP contribution in [0.1, 0.15) is 103 Å². The molecule has 42 heavy (non-hydrogen) atoms. The van der Waals surface area contributed by atoms with Crippen molar-refractivity contribution in [2.75, 3.05) is 13.2 Å². The fourth-order valence-corrected chi connectivity index (χ4v) is 5.61. The molecule has 0 spiro atoms. The first-order valence-electron chi connectivity index (χ1n) is 15.7. The second kappa shape index (κ2) is 18.5. The minimum Gasteiger partial charge on any atom is -0.494 e. The minimum absolute atomic E-state index is 0.211. The van der Waals surface area contributed by atoms with Gasteiger partial charge in [0.05, 0.1) is 6.61 Å². The van der Waals surface area contributed by atoms with Crippen molar-refractivity contribution in [3.05, 3.63) is 53.1 Å². The summed E-state index contributed by atoms with van der Waals surface area (Å²) in [6, 6.07) is 12.7.